The lowest BCUT2D eigenvalue weighted by Gasteiger charge is -2.25. The summed E-state index contributed by atoms with van der Waals surface area (Å²) in [7, 11) is 0. The average Bonchev–Trinajstić information content (AvgIpc) is 2.24. The molecular formula is C13H23N3. The van der Waals surface area contributed by atoms with Crippen molar-refractivity contribution in [1.82, 2.24) is 10.6 Å². The highest BCUT2D eigenvalue weighted by molar-refractivity contribution is 5.31. The predicted molar refractivity (Wildman–Crippen MR) is 69.4 cm³/mol. The lowest BCUT2D eigenvalue weighted by molar-refractivity contribution is 0.623. The Kier molecular flexibility index (Phi) is 4.47. The molecule has 0 aliphatic carbocycles. The highest BCUT2D eigenvalue weighted by Gasteiger charge is 2.12. The van der Waals surface area contributed by atoms with Gasteiger partial charge in [-0.3, -0.25) is 0 Å². The Bertz CT molecular complexity index is 337. The van der Waals surface area contributed by atoms with Gasteiger partial charge in [0.15, 0.2) is 0 Å². The standard InChI is InChI=1S/C13H23N3/c1-5-9(3)7-11(6-2)13-15-10(4)8-12(14)16-13/h7-8,10,15-16H,5-6,14H2,1-4H3/b9-7?,13-11-. The molecule has 1 unspecified atom stereocenters. The van der Waals surface area contributed by atoms with Gasteiger partial charge in [0.25, 0.3) is 0 Å². The van der Waals surface area contributed by atoms with Gasteiger partial charge in [-0.25, -0.2) is 0 Å². The van der Waals surface area contributed by atoms with Gasteiger partial charge in [0.05, 0.1) is 5.82 Å². The van der Waals surface area contributed by atoms with Crippen LogP contribution in [0.1, 0.15) is 40.5 Å². The Balaban J connectivity index is 2.97. The van der Waals surface area contributed by atoms with Crippen molar-refractivity contribution in [1.29, 1.82) is 0 Å². The summed E-state index contributed by atoms with van der Waals surface area (Å²) >= 11 is 0. The minimum absolute atomic E-state index is 0.285. The van der Waals surface area contributed by atoms with E-state index in [2.05, 4.69) is 44.4 Å². The molecule has 0 amide bonds. The summed E-state index contributed by atoms with van der Waals surface area (Å²) in [4.78, 5) is 0. The van der Waals surface area contributed by atoms with Gasteiger partial charge in [0.1, 0.15) is 5.82 Å². The molecule has 3 heteroatoms. The van der Waals surface area contributed by atoms with Crippen LogP contribution in [0, 0.1) is 0 Å². The van der Waals surface area contributed by atoms with Crippen molar-refractivity contribution in [2.75, 3.05) is 0 Å². The van der Waals surface area contributed by atoms with E-state index in [0.717, 1.165) is 24.5 Å². The van der Waals surface area contributed by atoms with Crippen LogP contribution >= 0.6 is 0 Å². The van der Waals surface area contributed by atoms with E-state index in [0.29, 0.717) is 0 Å². The van der Waals surface area contributed by atoms with Crippen LogP contribution in [0.4, 0.5) is 0 Å². The molecule has 0 bridgehead atoms. The minimum atomic E-state index is 0.285. The van der Waals surface area contributed by atoms with Crippen molar-refractivity contribution < 1.29 is 0 Å². The molecule has 0 saturated heterocycles. The van der Waals surface area contributed by atoms with Crippen LogP contribution < -0.4 is 16.4 Å². The van der Waals surface area contributed by atoms with Crippen LogP contribution in [0.2, 0.25) is 0 Å². The van der Waals surface area contributed by atoms with Crippen molar-refractivity contribution in [2.45, 2.75) is 46.6 Å². The van der Waals surface area contributed by atoms with Gasteiger partial charge in [-0.05, 0) is 38.3 Å². The molecular weight excluding hydrogens is 198 g/mol. The molecule has 0 aromatic rings. The van der Waals surface area contributed by atoms with Gasteiger partial charge in [-0.2, -0.15) is 0 Å². The minimum Gasteiger partial charge on any atom is -0.385 e. The van der Waals surface area contributed by atoms with E-state index in [-0.39, 0.29) is 6.04 Å². The van der Waals surface area contributed by atoms with Crippen molar-refractivity contribution in [3.63, 3.8) is 0 Å². The molecule has 0 saturated carbocycles. The maximum absolute atomic E-state index is 5.83. The summed E-state index contributed by atoms with van der Waals surface area (Å²) in [6.07, 6.45) is 6.29. The van der Waals surface area contributed by atoms with Crippen LogP contribution in [0.15, 0.2) is 34.9 Å². The molecule has 0 aromatic carbocycles. The van der Waals surface area contributed by atoms with Crippen molar-refractivity contribution in [3.8, 4) is 0 Å². The van der Waals surface area contributed by atoms with Gasteiger partial charge >= 0.3 is 0 Å². The summed E-state index contributed by atoms with van der Waals surface area (Å²) in [6, 6.07) is 0.285. The number of rotatable bonds is 3. The lowest BCUT2D eigenvalue weighted by Crippen LogP contribution is -2.40. The van der Waals surface area contributed by atoms with Crippen LogP contribution in [0.25, 0.3) is 0 Å². The molecule has 4 N–H and O–H groups in total. The summed E-state index contributed by atoms with van der Waals surface area (Å²) in [5.74, 6) is 1.78. The number of nitrogens with two attached hydrogens (primary N) is 1. The molecule has 1 aliphatic rings. The van der Waals surface area contributed by atoms with Crippen molar-refractivity contribution in [2.24, 2.45) is 5.73 Å². The third kappa shape index (κ3) is 3.33. The zero-order valence-electron chi connectivity index (χ0n) is 10.7. The molecule has 3 nitrogen and oxygen atoms in total. The van der Waals surface area contributed by atoms with Crippen LogP contribution in [-0.2, 0) is 0 Å². The summed E-state index contributed by atoms with van der Waals surface area (Å²) in [5, 5.41) is 6.58. The van der Waals surface area contributed by atoms with Gasteiger partial charge in [0, 0.05) is 6.04 Å². The Morgan fingerprint density at radius 1 is 1.44 bits per heavy atom. The zero-order valence-corrected chi connectivity index (χ0v) is 10.7. The molecule has 0 radical (unpaired) electrons. The SMILES string of the molecule is CCC(C)=C/C(CC)=C1\NC(N)=CC(C)N1. The Morgan fingerprint density at radius 3 is 2.62 bits per heavy atom. The summed E-state index contributed by atoms with van der Waals surface area (Å²) in [6.45, 7) is 8.58. The first-order valence-corrected chi connectivity index (χ1v) is 5.98. The largest absolute Gasteiger partial charge is 0.385 e. The fraction of sp³-hybridized carbons (Fsp3) is 0.538. The molecule has 0 aromatic heterocycles. The van der Waals surface area contributed by atoms with Crippen LogP contribution in [0.5, 0.6) is 0 Å². The van der Waals surface area contributed by atoms with E-state index in [1.165, 1.54) is 11.1 Å². The smallest absolute Gasteiger partial charge is 0.108 e. The second kappa shape index (κ2) is 5.64. The molecule has 0 spiro atoms. The van der Waals surface area contributed by atoms with E-state index in [9.17, 15) is 0 Å². The Hall–Kier alpha value is -1.38. The zero-order chi connectivity index (χ0) is 12.1. The van der Waals surface area contributed by atoms with E-state index < -0.39 is 0 Å². The van der Waals surface area contributed by atoms with Crippen molar-refractivity contribution >= 4 is 0 Å². The molecule has 0 fully saturated rings. The topological polar surface area (TPSA) is 50.1 Å². The van der Waals surface area contributed by atoms with Gasteiger partial charge in [-0.1, -0.05) is 25.5 Å². The fourth-order valence-corrected chi connectivity index (χ4v) is 1.68. The van der Waals surface area contributed by atoms with Crippen LogP contribution in [0.3, 0.4) is 0 Å². The number of hydrogen-bond acceptors (Lipinski definition) is 3. The fourth-order valence-electron chi connectivity index (χ4n) is 1.68. The third-order valence-corrected chi connectivity index (χ3v) is 2.75. The third-order valence-electron chi connectivity index (χ3n) is 2.75. The highest BCUT2D eigenvalue weighted by Crippen LogP contribution is 2.14. The normalized spacial score (nSPS) is 24.4. The van der Waals surface area contributed by atoms with Crippen molar-refractivity contribution in [3.05, 3.63) is 34.9 Å². The molecule has 90 valence electrons. The van der Waals surface area contributed by atoms with Gasteiger partial charge < -0.3 is 16.4 Å². The van der Waals surface area contributed by atoms with E-state index in [1.54, 1.807) is 0 Å². The summed E-state index contributed by atoms with van der Waals surface area (Å²) in [5.41, 5.74) is 8.49. The first-order valence-electron chi connectivity index (χ1n) is 5.98. The van der Waals surface area contributed by atoms with Crippen LogP contribution in [-0.4, -0.2) is 6.04 Å². The Morgan fingerprint density at radius 2 is 2.12 bits per heavy atom. The lowest BCUT2D eigenvalue weighted by atomic mass is 10.1. The first kappa shape index (κ1) is 12.7. The number of allylic oxidation sites excluding steroid dienone is 3. The second-order valence-electron chi connectivity index (χ2n) is 4.28. The van der Waals surface area contributed by atoms with E-state index in [1.807, 2.05) is 6.08 Å². The number of hydrogen-bond donors (Lipinski definition) is 3. The summed E-state index contributed by atoms with van der Waals surface area (Å²) < 4.78 is 0. The Labute approximate surface area is 98.5 Å². The van der Waals surface area contributed by atoms with Gasteiger partial charge in [0.2, 0.25) is 0 Å². The maximum Gasteiger partial charge on any atom is 0.108 e. The molecule has 1 rings (SSSR count). The first-order chi connectivity index (χ1) is 7.56. The maximum atomic E-state index is 5.83. The number of nitrogens with one attached hydrogen (secondary N) is 2. The molecule has 16 heavy (non-hydrogen) atoms. The quantitative estimate of drug-likeness (QED) is 0.685. The predicted octanol–water partition coefficient (Wildman–Crippen LogP) is 2.35. The second-order valence-corrected chi connectivity index (χ2v) is 4.28. The highest BCUT2D eigenvalue weighted by atomic mass is 15.2. The molecule has 1 heterocycles. The monoisotopic (exact) mass is 221 g/mol. The van der Waals surface area contributed by atoms with E-state index in [4.69, 9.17) is 5.73 Å². The average molecular weight is 221 g/mol. The molecule has 1 atom stereocenters. The van der Waals surface area contributed by atoms with E-state index >= 15 is 0 Å². The van der Waals surface area contributed by atoms with Gasteiger partial charge in [-0.15, -0.1) is 0 Å². The molecule has 1 aliphatic heterocycles.